The summed E-state index contributed by atoms with van der Waals surface area (Å²) in [5, 5.41) is 0. The Balaban J connectivity index is 2.06. The number of nitrogens with zero attached hydrogens (tertiary/aromatic N) is 1. The maximum Gasteiger partial charge on any atom is 0.338 e. The maximum atomic E-state index is 14.1. The molecule has 0 N–H and O–H groups in total. The van der Waals surface area contributed by atoms with E-state index in [0.717, 1.165) is 0 Å². The second kappa shape index (κ2) is 6.41. The summed E-state index contributed by atoms with van der Waals surface area (Å²) in [6.45, 7) is 0.114. The quantitative estimate of drug-likeness (QED) is 0.636. The Hall–Kier alpha value is -1.73. The lowest BCUT2D eigenvalue weighted by Gasteiger charge is -2.19. The summed E-state index contributed by atoms with van der Waals surface area (Å²) >= 11 is 6.59. The average molecular weight is 443 g/mol. The Bertz CT molecular complexity index is 836. The van der Waals surface area contributed by atoms with Crippen LogP contribution in [-0.2, 0) is 4.74 Å². The summed E-state index contributed by atoms with van der Waals surface area (Å²) in [5.41, 5.74) is 1.73. The molecule has 0 amide bonds. The molecule has 2 aromatic rings. The number of halogens is 3. The number of methoxy groups -OCH3 is 1. The Morgan fingerprint density at radius 3 is 2.78 bits per heavy atom. The molecule has 4 nitrogen and oxygen atoms in total. The molecule has 0 aromatic heterocycles. The number of fused-ring (bicyclic) bond motifs is 1. The number of hydrogen-bond donors (Lipinski definition) is 0. The molecule has 3 rings (SSSR count). The molecule has 118 valence electrons. The van der Waals surface area contributed by atoms with Crippen molar-refractivity contribution in [3.63, 3.8) is 0 Å². The van der Waals surface area contributed by atoms with Crippen LogP contribution in [0.5, 0.6) is 5.75 Å². The minimum absolute atomic E-state index is 0.114. The van der Waals surface area contributed by atoms with Crippen LogP contribution in [0.15, 0.2) is 44.3 Å². The van der Waals surface area contributed by atoms with Crippen LogP contribution >= 0.6 is 31.9 Å². The zero-order chi connectivity index (χ0) is 16.6. The normalized spacial score (nSPS) is 13.0. The first-order valence-electron chi connectivity index (χ1n) is 6.57. The van der Waals surface area contributed by atoms with Crippen LogP contribution in [0.1, 0.15) is 15.9 Å². The van der Waals surface area contributed by atoms with Gasteiger partial charge < -0.3 is 9.47 Å². The average Bonchev–Trinajstić information content (AvgIpc) is 2.54. The lowest BCUT2D eigenvalue weighted by atomic mass is 10.1. The standard InChI is InChI=1S/C16H10Br2FNO3/c1-22-16(21)8-4-11(18)15-14(5-8)23-7-13(20-15)10-3-2-9(17)6-12(10)19/h2-6H,7H2,1H3. The van der Waals surface area contributed by atoms with Crippen LogP contribution in [0.4, 0.5) is 10.1 Å². The van der Waals surface area contributed by atoms with E-state index >= 15 is 0 Å². The van der Waals surface area contributed by atoms with E-state index in [-0.39, 0.29) is 12.4 Å². The van der Waals surface area contributed by atoms with Gasteiger partial charge in [0.15, 0.2) is 0 Å². The van der Waals surface area contributed by atoms with E-state index in [1.807, 2.05) is 0 Å². The third kappa shape index (κ3) is 3.16. The van der Waals surface area contributed by atoms with Gasteiger partial charge in [0.05, 0.1) is 18.4 Å². The molecule has 23 heavy (non-hydrogen) atoms. The second-order valence-electron chi connectivity index (χ2n) is 4.77. The number of aliphatic imine (C=N–C) groups is 1. The van der Waals surface area contributed by atoms with Crippen LogP contribution < -0.4 is 4.74 Å². The zero-order valence-corrected chi connectivity index (χ0v) is 15.1. The van der Waals surface area contributed by atoms with Crippen LogP contribution in [-0.4, -0.2) is 25.4 Å². The van der Waals surface area contributed by atoms with Gasteiger partial charge in [-0.05, 0) is 46.3 Å². The van der Waals surface area contributed by atoms with Crippen molar-refractivity contribution < 1.29 is 18.7 Å². The van der Waals surface area contributed by atoms with E-state index < -0.39 is 5.97 Å². The number of esters is 1. The highest BCUT2D eigenvalue weighted by Gasteiger charge is 2.21. The first-order valence-corrected chi connectivity index (χ1v) is 8.16. The lowest BCUT2D eigenvalue weighted by Crippen LogP contribution is -2.18. The first kappa shape index (κ1) is 16.1. The van der Waals surface area contributed by atoms with Gasteiger partial charge in [-0.15, -0.1) is 0 Å². The summed E-state index contributed by atoms with van der Waals surface area (Å²) in [7, 11) is 1.31. The molecule has 0 unspecified atom stereocenters. The van der Waals surface area contributed by atoms with Gasteiger partial charge in [-0.2, -0.15) is 0 Å². The van der Waals surface area contributed by atoms with E-state index in [2.05, 4.69) is 36.9 Å². The van der Waals surface area contributed by atoms with Gasteiger partial charge in [0, 0.05) is 14.5 Å². The highest BCUT2D eigenvalue weighted by molar-refractivity contribution is 9.10. The fourth-order valence-corrected chi connectivity index (χ4v) is 3.07. The minimum Gasteiger partial charge on any atom is -0.485 e. The predicted octanol–water partition coefficient (Wildman–Crippen LogP) is 4.65. The van der Waals surface area contributed by atoms with E-state index in [4.69, 9.17) is 9.47 Å². The van der Waals surface area contributed by atoms with Crippen molar-refractivity contribution in [3.05, 3.63) is 56.2 Å². The van der Waals surface area contributed by atoms with Crippen molar-refractivity contribution in [2.75, 3.05) is 13.7 Å². The highest BCUT2D eigenvalue weighted by atomic mass is 79.9. The topological polar surface area (TPSA) is 47.9 Å². The summed E-state index contributed by atoms with van der Waals surface area (Å²) in [6, 6.07) is 7.92. The van der Waals surface area contributed by atoms with Crippen molar-refractivity contribution in [2.45, 2.75) is 0 Å². The Labute approximate surface area is 148 Å². The lowest BCUT2D eigenvalue weighted by molar-refractivity contribution is 0.0600. The molecule has 0 saturated heterocycles. The van der Waals surface area contributed by atoms with E-state index in [1.54, 1.807) is 24.3 Å². The Morgan fingerprint density at radius 1 is 1.30 bits per heavy atom. The van der Waals surface area contributed by atoms with E-state index in [9.17, 15) is 9.18 Å². The van der Waals surface area contributed by atoms with Gasteiger partial charge in [0.1, 0.15) is 23.9 Å². The molecule has 0 radical (unpaired) electrons. The summed E-state index contributed by atoms with van der Waals surface area (Å²) in [5.74, 6) is -0.403. The zero-order valence-electron chi connectivity index (χ0n) is 11.9. The molecule has 0 aliphatic carbocycles. The molecule has 0 spiro atoms. The van der Waals surface area contributed by atoms with Crippen LogP contribution in [0.25, 0.3) is 0 Å². The molecule has 1 aliphatic heterocycles. The van der Waals surface area contributed by atoms with Gasteiger partial charge in [-0.25, -0.2) is 14.2 Å². The maximum absolute atomic E-state index is 14.1. The molecule has 0 atom stereocenters. The monoisotopic (exact) mass is 441 g/mol. The van der Waals surface area contributed by atoms with Crippen LogP contribution in [0, 0.1) is 5.82 Å². The largest absolute Gasteiger partial charge is 0.485 e. The molecule has 7 heteroatoms. The number of benzene rings is 2. The van der Waals surface area contributed by atoms with Crippen molar-refractivity contribution in [2.24, 2.45) is 4.99 Å². The minimum atomic E-state index is -0.467. The number of carbonyl (C=O) groups excluding carboxylic acids is 1. The van der Waals surface area contributed by atoms with Gasteiger partial charge in [0.25, 0.3) is 0 Å². The summed E-state index contributed by atoms with van der Waals surface area (Å²) in [4.78, 5) is 16.1. The van der Waals surface area contributed by atoms with E-state index in [0.29, 0.717) is 37.2 Å². The number of hydrogen-bond acceptors (Lipinski definition) is 4. The molecule has 0 fully saturated rings. The van der Waals surface area contributed by atoms with Crippen molar-refractivity contribution in [1.82, 2.24) is 0 Å². The molecular weight excluding hydrogens is 433 g/mol. The van der Waals surface area contributed by atoms with Gasteiger partial charge in [-0.1, -0.05) is 15.9 Å². The predicted molar refractivity (Wildman–Crippen MR) is 91.3 cm³/mol. The van der Waals surface area contributed by atoms with Crippen molar-refractivity contribution in [3.8, 4) is 5.75 Å². The fourth-order valence-electron chi connectivity index (χ4n) is 2.20. The third-order valence-corrected chi connectivity index (χ3v) is 4.40. The smallest absolute Gasteiger partial charge is 0.338 e. The third-order valence-electron chi connectivity index (χ3n) is 3.30. The number of carbonyl (C=O) groups is 1. The Kier molecular flexibility index (Phi) is 4.50. The van der Waals surface area contributed by atoms with E-state index in [1.165, 1.54) is 13.2 Å². The number of rotatable bonds is 2. The van der Waals surface area contributed by atoms with Crippen LogP contribution in [0.2, 0.25) is 0 Å². The molecule has 1 heterocycles. The summed E-state index contributed by atoms with van der Waals surface area (Å²) < 4.78 is 25.7. The molecule has 1 aliphatic rings. The summed E-state index contributed by atoms with van der Waals surface area (Å²) in [6.07, 6.45) is 0. The highest BCUT2D eigenvalue weighted by Crippen LogP contribution is 2.40. The molecule has 2 aromatic carbocycles. The molecule has 0 bridgehead atoms. The second-order valence-corrected chi connectivity index (χ2v) is 6.54. The molecular formula is C16H10Br2FNO3. The van der Waals surface area contributed by atoms with Gasteiger partial charge in [0.2, 0.25) is 0 Å². The van der Waals surface area contributed by atoms with Gasteiger partial charge in [-0.3, -0.25) is 0 Å². The Morgan fingerprint density at radius 2 is 2.09 bits per heavy atom. The molecule has 0 saturated carbocycles. The fraction of sp³-hybridized carbons (Fsp3) is 0.125. The van der Waals surface area contributed by atoms with Crippen molar-refractivity contribution >= 4 is 49.2 Å². The SMILES string of the molecule is COC(=O)c1cc(Br)c2c(c1)OCC(c1ccc(Br)cc1F)=N2. The number of ether oxygens (including phenoxy) is 2. The van der Waals surface area contributed by atoms with Crippen molar-refractivity contribution in [1.29, 1.82) is 0 Å². The van der Waals surface area contributed by atoms with Gasteiger partial charge >= 0.3 is 5.97 Å². The van der Waals surface area contributed by atoms with Crippen LogP contribution in [0.3, 0.4) is 0 Å². The first-order chi connectivity index (χ1) is 11.0.